The number of rotatable bonds is 10. The normalized spacial score (nSPS) is 16.7. The number of carbonyl (C=O) groups excluding carboxylic acids is 2. The number of amides is 2. The summed E-state index contributed by atoms with van der Waals surface area (Å²) < 4.78 is 5.52. The van der Waals surface area contributed by atoms with Crippen molar-refractivity contribution in [2.75, 3.05) is 57.3 Å². The lowest BCUT2D eigenvalue weighted by atomic mass is 10.1. The topological polar surface area (TPSA) is 65.1 Å². The average molecular weight is 465 g/mol. The van der Waals surface area contributed by atoms with E-state index in [9.17, 15) is 9.59 Å². The summed E-state index contributed by atoms with van der Waals surface area (Å²) in [5.41, 5.74) is 3.26. The van der Waals surface area contributed by atoms with Crippen LogP contribution in [0.4, 0.5) is 5.69 Å². The van der Waals surface area contributed by atoms with Gasteiger partial charge in [-0.25, -0.2) is 0 Å². The van der Waals surface area contributed by atoms with E-state index in [1.54, 1.807) is 4.90 Å². The summed E-state index contributed by atoms with van der Waals surface area (Å²) in [5.74, 6) is 0.732. The minimum atomic E-state index is -0.0534. The molecule has 2 aliphatic heterocycles. The Bertz CT molecular complexity index is 958. The van der Waals surface area contributed by atoms with E-state index in [0.717, 1.165) is 62.7 Å². The highest BCUT2D eigenvalue weighted by atomic mass is 16.5. The van der Waals surface area contributed by atoms with Gasteiger partial charge >= 0.3 is 0 Å². The van der Waals surface area contributed by atoms with Crippen molar-refractivity contribution >= 4 is 17.5 Å². The van der Waals surface area contributed by atoms with Gasteiger partial charge in [0, 0.05) is 52.2 Å². The minimum Gasteiger partial charge on any atom is -0.482 e. The zero-order valence-electron chi connectivity index (χ0n) is 20.2. The molecule has 1 saturated heterocycles. The molecule has 0 aliphatic carbocycles. The summed E-state index contributed by atoms with van der Waals surface area (Å²) in [6.45, 7) is 9.64. The first kappa shape index (κ1) is 24.2. The number of benzene rings is 2. The van der Waals surface area contributed by atoms with Crippen molar-refractivity contribution in [3.63, 3.8) is 0 Å². The van der Waals surface area contributed by atoms with Crippen LogP contribution in [0.3, 0.4) is 0 Å². The number of carbonyl (C=O) groups is 2. The minimum absolute atomic E-state index is 0.0534. The fourth-order valence-electron chi connectivity index (χ4n) is 4.59. The molecule has 0 saturated carbocycles. The Morgan fingerprint density at radius 3 is 2.53 bits per heavy atom. The first-order valence-corrected chi connectivity index (χ1v) is 12.4. The van der Waals surface area contributed by atoms with E-state index in [4.69, 9.17) is 4.74 Å². The van der Waals surface area contributed by atoms with Crippen molar-refractivity contribution < 1.29 is 14.3 Å². The fraction of sp³-hybridized carbons (Fsp3) is 0.481. The molecule has 2 aromatic rings. The van der Waals surface area contributed by atoms with Gasteiger partial charge in [0.25, 0.3) is 5.91 Å². The molecule has 2 aliphatic rings. The predicted molar refractivity (Wildman–Crippen MR) is 134 cm³/mol. The SMILES string of the molecule is Cc1ccc2c(c1)N(CCCC(=O)NCCCN1CCN(Cc3ccccc3)CC1)C(=O)CO2. The third-order valence-electron chi connectivity index (χ3n) is 6.53. The Labute approximate surface area is 202 Å². The van der Waals surface area contributed by atoms with E-state index >= 15 is 0 Å². The second kappa shape index (κ2) is 12.0. The molecule has 2 amide bonds. The number of aryl methyl sites for hydroxylation is 1. The summed E-state index contributed by atoms with van der Waals surface area (Å²) >= 11 is 0. The Hall–Kier alpha value is -2.90. The molecule has 0 bridgehead atoms. The number of anilines is 1. The van der Waals surface area contributed by atoms with Crippen LogP contribution in [0.1, 0.15) is 30.4 Å². The lowest BCUT2D eigenvalue weighted by Gasteiger charge is -2.34. The van der Waals surface area contributed by atoms with E-state index in [1.807, 2.05) is 25.1 Å². The van der Waals surface area contributed by atoms with E-state index in [2.05, 4.69) is 45.4 Å². The largest absolute Gasteiger partial charge is 0.482 e. The van der Waals surface area contributed by atoms with Crippen molar-refractivity contribution in [3.8, 4) is 5.75 Å². The number of nitrogens with zero attached hydrogens (tertiary/aromatic N) is 3. The lowest BCUT2D eigenvalue weighted by molar-refractivity contribution is -0.122. The number of hydrogen-bond donors (Lipinski definition) is 1. The third kappa shape index (κ3) is 6.81. The van der Waals surface area contributed by atoms with Gasteiger partial charge in [-0.15, -0.1) is 0 Å². The summed E-state index contributed by atoms with van der Waals surface area (Å²) in [6, 6.07) is 16.5. The molecule has 2 heterocycles. The van der Waals surface area contributed by atoms with Crippen LogP contribution in [0.15, 0.2) is 48.5 Å². The quantitative estimate of drug-likeness (QED) is 0.548. The third-order valence-corrected chi connectivity index (χ3v) is 6.53. The molecule has 0 radical (unpaired) electrons. The van der Waals surface area contributed by atoms with Crippen LogP contribution in [-0.4, -0.2) is 74.0 Å². The molecule has 1 fully saturated rings. The highest BCUT2D eigenvalue weighted by molar-refractivity contribution is 5.98. The van der Waals surface area contributed by atoms with Crippen molar-refractivity contribution in [1.82, 2.24) is 15.1 Å². The number of piperazine rings is 1. The van der Waals surface area contributed by atoms with Crippen LogP contribution < -0.4 is 15.0 Å². The number of fused-ring (bicyclic) bond motifs is 1. The summed E-state index contributed by atoms with van der Waals surface area (Å²) in [7, 11) is 0. The van der Waals surface area contributed by atoms with Gasteiger partial charge in [0.15, 0.2) is 6.61 Å². The van der Waals surface area contributed by atoms with Crippen LogP contribution in [0.2, 0.25) is 0 Å². The van der Waals surface area contributed by atoms with Gasteiger partial charge < -0.3 is 19.9 Å². The number of hydrogen-bond acceptors (Lipinski definition) is 5. The number of ether oxygens (including phenoxy) is 1. The van der Waals surface area contributed by atoms with E-state index in [-0.39, 0.29) is 18.4 Å². The molecule has 0 atom stereocenters. The Morgan fingerprint density at radius 2 is 1.74 bits per heavy atom. The van der Waals surface area contributed by atoms with Gasteiger partial charge in [0.1, 0.15) is 5.75 Å². The summed E-state index contributed by atoms with van der Waals surface area (Å²) in [6.07, 6.45) is 2.01. The maximum atomic E-state index is 12.3. The predicted octanol–water partition coefficient (Wildman–Crippen LogP) is 2.82. The van der Waals surface area contributed by atoms with E-state index in [0.29, 0.717) is 25.9 Å². The van der Waals surface area contributed by atoms with Crippen molar-refractivity contribution in [2.24, 2.45) is 0 Å². The molecule has 0 spiro atoms. The van der Waals surface area contributed by atoms with E-state index < -0.39 is 0 Å². The highest BCUT2D eigenvalue weighted by Gasteiger charge is 2.25. The molecule has 182 valence electrons. The van der Waals surface area contributed by atoms with Gasteiger partial charge in [-0.3, -0.25) is 14.5 Å². The van der Waals surface area contributed by atoms with Gasteiger partial charge in [-0.2, -0.15) is 0 Å². The fourth-order valence-corrected chi connectivity index (χ4v) is 4.59. The van der Waals surface area contributed by atoms with Gasteiger partial charge in [0.05, 0.1) is 5.69 Å². The molecule has 1 N–H and O–H groups in total. The summed E-state index contributed by atoms with van der Waals surface area (Å²) in [4.78, 5) is 31.3. The molecular weight excluding hydrogens is 428 g/mol. The summed E-state index contributed by atoms with van der Waals surface area (Å²) in [5, 5.41) is 3.04. The second-order valence-corrected chi connectivity index (χ2v) is 9.22. The molecule has 7 nitrogen and oxygen atoms in total. The standard InChI is InChI=1S/C27H36N4O3/c1-22-10-11-25-24(19-22)31(27(33)21-34-25)14-5-9-26(32)28-12-6-13-29-15-17-30(18-16-29)20-23-7-3-2-4-8-23/h2-4,7-8,10-11,19H,5-6,9,12-18,20-21H2,1H3,(H,28,32). The molecule has 2 aromatic carbocycles. The molecule has 0 aromatic heterocycles. The Morgan fingerprint density at radius 1 is 0.971 bits per heavy atom. The zero-order chi connectivity index (χ0) is 23.8. The Kier molecular flexibility index (Phi) is 8.55. The van der Waals surface area contributed by atoms with Crippen LogP contribution in [-0.2, 0) is 16.1 Å². The van der Waals surface area contributed by atoms with Gasteiger partial charge in [-0.05, 0) is 49.6 Å². The van der Waals surface area contributed by atoms with Crippen molar-refractivity contribution in [2.45, 2.75) is 32.7 Å². The average Bonchev–Trinajstić information content (AvgIpc) is 2.85. The second-order valence-electron chi connectivity index (χ2n) is 9.22. The van der Waals surface area contributed by atoms with Crippen LogP contribution in [0.5, 0.6) is 5.75 Å². The lowest BCUT2D eigenvalue weighted by Crippen LogP contribution is -2.46. The smallest absolute Gasteiger partial charge is 0.265 e. The first-order chi connectivity index (χ1) is 16.6. The number of nitrogens with one attached hydrogen (secondary N) is 1. The van der Waals surface area contributed by atoms with Crippen molar-refractivity contribution in [1.29, 1.82) is 0 Å². The monoisotopic (exact) mass is 464 g/mol. The maximum Gasteiger partial charge on any atom is 0.265 e. The van der Waals surface area contributed by atoms with Crippen LogP contribution >= 0.6 is 0 Å². The van der Waals surface area contributed by atoms with Crippen molar-refractivity contribution in [3.05, 3.63) is 59.7 Å². The molecule has 0 unspecified atom stereocenters. The first-order valence-electron chi connectivity index (χ1n) is 12.4. The molecule has 4 rings (SSSR count). The van der Waals surface area contributed by atoms with E-state index in [1.165, 1.54) is 5.56 Å². The maximum absolute atomic E-state index is 12.3. The van der Waals surface area contributed by atoms with Gasteiger partial charge in [-0.1, -0.05) is 36.4 Å². The van der Waals surface area contributed by atoms with Crippen LogP contribution in [0, 0.1) is 6.92 Å². The molecular formula is C27H36N4O3. The Balaban J connectivity index is 1.08. The van der Waals surface area contributed by atoms with Gasteiger partial charge in [0.2, 0.25) is 5.91 Å². The highest BCUT2D eigenvalue weighted by Crippen LogP contribution is 2.32. The zero-order valence-corrected chi connectivity index (χ0v) is 20.2. The molecule has 34 heavy (non-hydrogen) atoms. The van der Waals surface area contributed by atoms with Crippen LogP contribution in [0.25, 0.3) is 0 Å². The molecule has 7 heteroatoms.